The van der Waals surface area contributed by atoms with Crippen molar-refractivity contribution in [2.24, 2.45) is 17.1 Å². The fourth-order valence-electron chi connectivity index (χ4n) is 3.14. The molecule has 106 valence electrons. The monoisotopic (exact) mass is 283 g/mol. The molecule has 0 aromatic heterocycles. The number of hydrogen-bond acceptors (Lipinski definition) is 1. The second-order valence-corrected chi connectivity index (χ2v) is 7.22. The molecule has 0 aliphatic heterocycles. The summed E-state index contributed by atoms with van der Waals surface area (Å²) >= 11 is 6.23. The van der Waals surface area contributed by atoms with Crippen LogP contribution < -0.4 is 5.73 Å². The van der Waals surface area contributed by atoms with Gasteiger partial charge in [-0.05, 0) is 54.4 Å². The first kappa shape index (κ1) is 14.8. The minimum absolute atomic E-state index is 0.0814. The van der Waals surface area contributed by atoms with Gasteiger partial charge in [-0.3, -0.25) is 0 Å². The molecule has 0 spiro atoms. The summed E-state index contributed by atoms with van der Waals surface area (Å²) in [6.07, 6.45) is 3.13. The van der Waals surface area contributed by atoms with Crippen LogP contribution in [-0.4, -0.2) is 6.04 Å². The molecule has 0 radical (unpaired) electrons. The van der Waals surface area contributed by atoms with Gasteiger partial charge in [-0.15, -0.1) is 0 Å². The van der Waals surface area contributed by atoms with Crippen molar-refractivity contribution in [2.75, 3.05) is 0 Å². The lowest BCUT2D eigenvalue weighted by molar-refractivity contribution is 0.154. The largest absolute Gasteiger partial charge is 0.327 e. The standard InChI is InChI=1S/C16H23ClFN/c1-16(2,3)10-4-7-15(19)13(8-10)12-9-11(18)5-6-14(12)17/h5-6,9-10,13,15H,4,7-8,19H2,1-3H3. The normalized spacial score (nSPS) is 28.4. The molecule has 1 aliphatic carbocycles. The number of nitrogens with two attached hydrogens (primary N) is 1. The van der Waals surface area contributed by atoms with Crippen molar-refractivity contribution in [3.05, 3.63) is 34.6 Å². The first-order chi connectivity index (χ1) is 8.79. The van der Waals surface area contributed by atoms with E-state index in [1.165, 1.54) is 6.07 Å². The van der Waals surface area contributed by atoms with Crippen LogP contribution in [0, 0.1) is 17.2 Å². The summed E-state index contributed by atoms with van der Waals surface area (Å²) in [5.74, 6) is 0.544. The molecular formula is C16H23ClFN. The maximum absolute atomic E-state index is 13.5. The second kappa shape index (κ2) is 5.41. The second-order valence-electron chi connectivity index (χ2n) is 6.81. The molecule has 2 rings (SSSR count). The SMILES string of the molecule is CC(C)(C)C1CCC(N)C(c2cc(F)ccc2Cl)C1. The van der Waals surface area contributed by atoms with Crippen LogP contribution >= 0.6 is 11.6 Å². The van der Waals surface area contributed by atoms with E-state index >= 15 is 0 Å². The molecule has 2 N–H and O–H groups in total. The molecule has 1 fully saturated rings. The van der Waals surface area contributed by atoms with Crippen LogP contribution in [0.1, 0.15) is 51.5 Å². The number of halogens is 2. The lowest BCUT2D eigenvalue weighted by Gasteiger charge is -2.41. The highest BCUT2D eigenvalue weighted by atomic mass is 35.5. The smallest absolute Gasteiger partial charge is 0.123 e. The Balaban J connectivity index is 2.28. The third-order valence-corrected chi connectivity index (χ3v) is 4.83. The van der Waals surface area contributed by atoms with Gasteiger partial charge in [0, 0.05) is 17.0 Å². The molecule has 1 aromatic rings. The first-order valence-corrected chi connectivity index (χ1v) is 7.37. The Morgan fingerprint density at radius 1 is 1.26 bits per heavy atom. The van der Waals surface area contributed by atoms with Crippen molar-refractivity contribution in [3.8, 4) is 0 Å². The Labute approximate surface area is 120 Å². The van der Waals surface area contributed by atoms with Crippen LogP contribution in [0.4, 0.5) is 4.39 Å². The van der Waals surface area contributed by atoms with Crippen molar-refractivity contribution in [1.29, 1.82) is 0 Å². The molecule has 3 atom stereocenters. The van der Waals surface area contributed by atoms with Crippen LogP contribution in [0.5, 0.6) is 0 Å². The maximum Gasteiger partial charge on any atom is 0.123 e. The molecule has 3 heteroatoms. The summed E-state index contributed by atoms with van der Waals surface area (Å²) in [5, 5.41) is 0.636. The molecule has 0 saturated heterocycles. The highest BCUT2D eigenvalue weighted by Gasteiger charge is 2.35. The van der Waals surface area contributed by atoms with E-state index < -0.39 is 0 Å². The predicted octanol–water partition coefficient (Wildman–Crippen LogP) is 4.74. The van der Waals surface area contributed by atoms with Gasteiger partial charge in [-0.25, -0.2) is 4.39 Å². The van der Waals surface area contributed by atoms with E-state index in [1.807, 2.05) is 0 Å². The van der Waals surface area contributed by atoms with Crippen LogP contribution in [-0.2, 0) is 0 Å². The van der Waals surface area contributed by atoms with Gasteiger partial charge in [0.25, 0.3) is 0 Å². The van der Waals surface area contributed by atoms with E-state index in [4.69, 9.17) is 17.3 Å². The fraction of sp³-hybridized carbons (Fsp3) is 0.625. The minimum atomic E-state index is -0.232. The summed E-state index contributed by atoms with van der Waals surface area (Å²) in [6.45, 7) is 6.79. The van der Waals surface area contributed by atoms with E-state index in [0.717, 1.165) is 24.8 Å². The molecular weight excluding hydrogens is 261 g/mol. The average Bonchev–Trinajstić information content (AvgIpc) is 2.32. The quantitative estimate of drug-likeness (QED) is 0.792. The first-order valence-electron chi connectivity index (χ1n) is 6.99. The van der Waals surface area contributed by atoms with Crippen LogP contribution in [0.2, 0.25) is 5.02 Å². The van der Waals surface area contributed by atoms with Crippen LogP contribution in [0.15, 0.2) is 18.2 Å². The summed E-state index contributed by atoms with van der Waals surface area (Å²) < 4.78 is 13.5. The van der Waals surface area contributed by atoms with Crippen molar-refractivity contribution in [1.82, 2.24) is 0 Å². The number of benzene rings is 1. The Bertz CT molecular complexity index is 453. The summed E-state index contributed by atoms with van der Waals surface area (Å²) in [6, 6.07) is 4.68. The highest BCUT2D eigenvalue weighted by Crippen LogP contribution is 2.44. The van der Waals surface area contributed by atoms with E-state index in [0.29, 0.717) is 10.9 Å². The van der Waals surface area contributed by atoms with Crippen molar-refractivity contribution in [2.45, 2.75) is 52.0 Å². The van der Waals surface area contributed by atoms with Crippen LogP contribution in [0.25, 0.3) is 0 Å². The Hall–Kier alpha value is -0.600. The van der Waals surface area contributed by atoms with E-state index in [2.05, 4.69) is 20.8 Å². The lowest BCUT2D eigenvalue weighted by Crippen LogP contribution is -2.38. The zero-order valence-corrected chi connectivity index (χ0v) is 12.7. The van der Waals surface area contributed by atoms with Crippen molar-refractivity contribution in [3.63, 3.8) is 0 Å². The molecule has 1 aromatic carbocycles. The van der Waals surface area contributed by atoms with Crippen LogP contribution in [0.3, 0.4) is 0 Å². The average molecular weight is 284 g/mol. The third kappa shape index (κ3) is 3.29. The van der Waals surface area contributed by atoms with E-state index in [9.17, 15) is 4.39 Å². The molecule has 3 unspecified atom stereocenters. The zero-order valence-electron chi connectivity index (χ0n) is 11.9. The van der Waals surface area contributed by atoms with Gasteiger partial charge in [-0.2, -0.15) is 0 Å². The van der Waals surface area contributed by atoms with Gasteiger partial charge >= 0.3 is 0 Å². The molecule has 1 aliphatic rings. The highest BCUT2D eigenvalue weighted by molar-refractivity contribution is 6.31. The number of hydrogen-bond donors (Lipinski definition) is 1. The molecule has 19 heavy (non-hydrogen) atoms. The van der Waals surface area contributed by atoms with Gasteiger partial charge in [-0.1, -0.05) is 32.4 Å². The molecule has 1 nitrogen and oxygen atoms in total. The zero-order chi connectivity index (χ0) is 14.2. The van der Waals surface area contributed by atoms with Gasteiger partial charge in [0.05, 0.1) is 0 Å². The molecule has 0 amide bonds. The Kier molecular flexibility index (Phi) is 4.22. The third-order valence-electron chi connectivity index (χ3n) is 4.49. The fourth-order valence-corrected chi connectivity index (χ4v) is 3.39. The summed E-state index contributed by atoms with van der Waals surface area (Å²) in [4.78, 5) is 0. The number of rotatable bonds is 1. The van der Waals surface area contributed by atoms with Crippen molar-refractivity contribution >= 4 is 11.6 Å². The minimum Gasteiger partial charge on any atom is -0.327 e. The molecule has 0 bridgehead atoms. The predicted molar refractivity (Wildman–Crippen MR) is 78.9 cm³/mol. The van der Waals surface area contributed by atoms with E-state index in [1.54, 1.807) is 12.1 Å². The van der Waals surface area contributed by atoms with Gasteiger partial charge < -0.3 is 5.73 Å². The Morgan fingerprint density at radius 2 is 1.95 bits per heavy atom. The molecule has 0 heterocycles. The topological polar surface area (TPSA) is 26.0 Å². The summed E-state index contributed by atoms with van der Waals surface area (Å²) in [5.41, 5.74) is 7.39. The lowest BCUT2D eigenvalue weighted by atomic mass is 9.66. The Morgan fingerprint density at radius 3 is 2.58 bits per heavy atom. The van der Waals surface area contributed by atoms with Gasteiger partial charge in [0.15, 0.2) is 0 Å². The maximum atomic E-state index is 13.5. The van der Waals surface area contributed by atoms with Gasteiger partial charge in [0.2, 0.25) is 0 Å². The van der Waals surface area contributed by atoms with E-state index in [-0.39, 0.29) is 23.2 Å². The van der Waals surface area contributed by atoms with Gasteiger partial charge in [0.1, 0.15) is 5.82 Å². The molecule has 1 saturated carbocycles. The van der Waals surface area contributed by atoms with Crippen molar-refractivity contribution < 1.29 is 4.39 Å². The summed E-state index contributed by atoms with van der Waals surface area (Å²) in [7, 11) is 0.